The molecular formula is C11H17Cl. The van der Waals surface area contributed by atoms with Crippen LogP contribution in [-0.2, 0) is 0 Å². The fourth-order valence-corrected chi connectivity index (χ4v) is 0.867. The highest BCUT2D eigenvalue weighted by Gasteiger charge is 1.89. The van der Waals surface area contributed by atoms with Crippen molar-refractivity contribution < 1.29 is 0 Å². The predicted molar refractivity (Wildman–Crippen MR) is 57.4 cm³/mol. The van der Waals surface area contributed by atoms with Crippen LogP contribution in [0.5, 0.6) is 0 Å². The zero-order valence-electron chi connectivity index (χ0n) is 8.10. The lowest BCUT2D eigenvalue weighted by Crippen LogP contribution is -1.72. The predicted octanol–water partition coefficient (Wildman–Crippen LogP) is 4.43. The highest BCUT2D eigenvalue weighted by atomic mass is 35.5. The highest BCUT2D eigenvalue weighted by Crippen LogP contribution is 2.13. The standard InChI is InChI=1S/C11H17Cl/c1-4-6-7-8-9-11(12)10(3)5-2/h5,7-9H,4,6H2,1-3H3/b8-7-,10-5+,11-9+. The molecule has 1 heteroatoms. The number of hydrogen-bond donors (Lipinski definition) is 0. The van der Waals surface area contributed by atoms with Gasteiger partial charge in [-0.3, -0.25) is 0 Å². The van der Waals surface area contributed by atoms with Crippen LogP contribution in [0.3, 0.4) is 0 Å². The molecule has 0 nitrogen and oxygen atoms in total. The molecule has 0 unspecified atom stereocenters. The van der Waals surface area contributed by atoms with E-state index >= 15 is 0 Å². The quantitative estimate of drug-likeness (QED) is 0.567. The molecule has 0 spiro atoms. The van der Waals surface area contributed by atoms with Crippen LogP contribution in [0.25, 0.3) is 0 Å². The van der Waals surface area contributed by atoms with E-state index in [0.717, 1.165) is 17.0 Å². The molecule has 0 aliphatic carbocycles. The van der Waals surface area contributed by atoms with E-state index in [0.29, 0.717) is 0 Å². The SMILES string of the molecule is C/C=C(C)/C(Cl)=C\C=C/CCC. The molecule has 0 aliphatic rings. The first-order valence-corrected chi connectivity index (χ1v) is 4.75. The minimum atomic E-state index is 0.824. The van der Waals surface area contributed by atoms with E-state index in [-0.39, 0.29) is 0 Å². The molecule has 0 radical (unpaired) electrons. The summed E-state index contributed by atoms with van der Waals surface area (Å²) in [6.45, 7) is 6.15. The monoisotopic (exact) mass is 184 g/mol. The van der Waals surface area contributed by atoms with Gasteiger partial charge in [-0.1, -0.05) is 43.2 Å². The molecule has 68 valence electrons. The van der Waals surface area contributed by atoms with E-state index in [2.05, 4.69) is 13.0 Å². The lowest BCUT2D eigenvalue weighted by molar-refractivity contribution is 0.959. The van der Waals surface area contributed by atoms with Crippen molar-refractivity contribution in [2.45, 2.75) is 33.6 Å². The Morgan fingerprint density at radius 1 is 1.42 bits per heavy atom. The Balaban J connectivity index is 4.00. The van der Waals surface area contributed by atoms with Crippen molar-refractivity contribution in [3.63, 3.8) is 0 Å². The van der Waals surface area contributed by atoms with E-state index in [9.17, 15) is 0 Å². The minimum Gasteiger partial charge on any atom is -0.0845 e. The molecule has 0 rings (SSSR count). The molecule has 0 bridgehead atoms. The van der Waals surface area contributed by atoms with Gasteiger partial charge in [0.15, 0.2) is 0 Å². The van der Waals surface area contributed by atoms with Crippen LogP contribution in [0.15, 0.2) is 34.9 Å². The van der Waals surface area contributed by atoms with Gasteiger partial charge in [0, 0.05) is 5.03 Å². The van der Waals surface area contributed by atoms with Crippen molar-refractivity contribution >= 4 is 11.6 Å². The van der Waals surface area contributed by atoms with Crippen molar-refractivity contribution in [3.05, 3.63) is 34.9 Å². The van der Waals surface area contributed by atoms with Gasteiger partial charge in [-0.15, -0.1) is 0 Å². The maximum atomic E-state index is 5.95. The van der Waals surface area contributed by atoms with E-state index in [1.54, 1.807) is 0 Å². The third-order valence-electron chi connectivity index (χ3n) is 1.64. The number of hydrogen-bond acceptors (Lipinski definition) is 0. The Labute approximate surface area is 80.6 Å². The second-order valence-corrected chi connectivity index (χ2v) is 3.11. The second kappa shape index (κ2) is 7.17. The van der Waals surface area contributed by atoms with Gasteiger partial charge >= 0.3 is 0 Å². The summed E-state index contributed by atoms with van der Waals surface area (Å²) < 4.78 is 0. The molecule has 0 heterocycles. The van der Waals surface area contributed by atoms with Crippen LogP contribution in [0.2, 0.25) is 0 Å². The summed E-state index contributed by atoms with van der Waals surface area (Å²) in [5.41, 5.74) is 1.12. The van der Waals surface area contributed by atoms with Gasteiger partial charge in [0.2, 0.25) is 0 Å². The average Bonchev–Trinajstić information content (AvgIpc) is 2.10. The topological polar surface area (TPSA) is 0 Å². The van der Waals surface area contributed by atoms with Gasteiger partial charge in [-0.25, -0.2) is 0 Å². The first kappa shape index (κ1) is 11.5. The lowest BCUT2D eigenvalue weighted by Gasteiger charge is -1.93. The fourth-order valence-electron chi connectivity index (χ4n) is 0.685. The van der Waals surface area contributed by atoms with E-state index < -0.39 is 0 Å². The van der Waals surface area contributed by atoms with Crippen LogP contribution < -0.4 is 0 Å². The van der Waals surface area contributed by atoms with Gasteiger partial charge in [-0.2, -0.15) is 0 Å². The molecule has 0 fully saturated rings. The van der Waals surface area contributed by atoms with Crippen molar-refractivity contribution in [3.8, 4) is 0 Å². The summed E-state index contributed by atoms with van der Waals surface area (Å²) in [4.78, 5) is 0. The maximum absolute atomic E-state index is 5.95. The summed E-state index contributed by atoms with van der Waals surface area (Å²) in [5.74, 6) is 0. The molecule has 0 aromatic carbocycles. The van der Waals surface area contributed by atoms with Crippen molar-refractivity contribution in [2.75, 3.05) is 0 Å². The summed E-state index contributed by atoms with van der Waals surface area (Å²) in [5, 5.41) is 0.824. The second-order valence-electron chi connectivity index (χ2n) is 2.70. The van der Waals surface area contributed by atoms with Gasteiger partial charge in [0.25, 0.3) is 0 Å². The average molecular weight is 185 g/mol. The summed E-state index contributed by atoms with van der Waals surface area (Å²) in [6.07, 6.45) is 10.4. The molecule has 0 aliphatic heterocycles. The molecule has 0 saturated heterocycles. The molecular weight excluding hydrogens is 168 g/mol. The summed E-state index contributed by atoms with van der Waals surface area (Å²) in [6, 6.07) is 0. The van der Waals surface area contributed by atoms with Crippen LogP contribution in [0.1, 0.15) is 33.6 Å². The zero-order chi connectivity index (χ0) is 9.40. The smallest absolute Gasteiger partial charge is 0.0431 e. The minimum absolute atomic E-state index is 0.824. The van der Waals surface area contributed by atoms with Crippen molar-refractivity contribution in [1.29, 1.82) is 0 Å². The van der Waals surface area contributed by atoms with Gasteiger partial charge in [0.1, 0.15) is 0 Å². The Kier molecular flexibility index (Phi) is 6.88. The molecule has 0 amide bonds. The highest BCUT2D eigenvalue weighted by molar-refractivity contribution is 6.32. The van der Waals surface area contributed by atoms with Gasteiger partial charge in [0.05, 0.1) is 0 Å². The van der Waals surface area contributed by atoms with Crippen molar-refractivity contribution in [1.82, 2.24) is 0 Å². The zero-order valence-corrected chi connectivity index (χ0v) is 8.86. The summed E-state index contributed by atoms with van der Waals surface area (Å²) >= 11 is 5.95. The molecule has 0 aromatic heterocycles. The van der Waals surface area contributed by atoms with Gasteiger partial charge < -0.3 is 0 Å². The lowest BCUT2D eigenvalue weighted by atomic mass is 10.2. The number of unbranched alkanes of at least 4 members (excludes halogenated alkanes) is 1. The fraction of sp³-hybridized carbons (Fsp3) is 0.455. The number of rotatable bonds is 4. The van der Waals surface area contributed by atoms with Crippen LogP contribution in [-0.4, -0.2) is 0 Å². The summed E-state index contributed by atoms with van der Waals surface area (Å²) in [7, 11) is 0. The van der Waals surface area contributed by atoms with E-state index in [4.69, 9.17) is 11.6 Å². The van der Waals surface area contributed by atoms with E-state index in [1.807, 2.05) is 32.1 Å². The Morgan fingerprint density at radius 3 is 2.58 bits per heavy atom. The normalized spacial score (nSPS) is 14.3. The number of halogens is 1. The Bertz CT molecular complexity index is 197. The molecule has 0 saturated carbocycles. The van der Waals surface area contributed by atoms with Crippen LogP contribution in [0, 0.1) is 0 Å². The maximum Gasteiger partial charge on any atom is 0.0431 e. The first-order chi connectivity index (χ1) is 5.72. The largest absolute Gasteiger partial charge is 0.0845 e. The number of allylic oxidation sites excluding steroid dienone is 6. The Morgan fingerprint density at radius 2 is 2.08 bits per heavy atom. The molecule has 12 heavy (non-hydrogen) atoms. The molecule has 0 N–H and O–H groups in total. The third-order valence-corrected chi connectivity index (χ3v) is 2.07. The third kappa shape index (κ3) is 5.20. The molecule has 0 atom stereocenters. The van der Waals surface area contributed by atoms with E-state index in [1.165, 1.54) is 6.42 Å². The van der Waals surface area contributed by atoms with Crippen LogP contribution in [0.4, 0.5) is 0 Å². The van der Waals surface area contributed by atoms with Crippen molar-refractivity contribution in [2.24, 2.45) is 0 Å². The Hall–Kier alpha value is -0.490. The van der Waals surface area contributed by atoms with Gasteiger partial charge in [-0.05, 0) is 31.9 Å². The molecule has 0 aromatic rings. The van der Waals surface area contributed by atoms with Crippen LogP contribution >= 0.6 is 11.6 Å². The first-order valence-electron chi connectivity index (χ1n) is 4.38.